The van der Waals surface area contributed by atoms with Gasteiger partial charge in [0.2, 0.25) is 0 Å². The molecule has 1 aliphatic rings. The molecule has 0 saturated carbocycles. The molecule has 2 amide bonds. The molecule has 27 heavy (non-hydrogen) atoms. The summed E-state index contributed by atoms with van der Waals surface area (Å²) in [6, 6.07) is 13.2. The number of nitrogens with one attached hydrogen (secondary N) is 1. The van der Waals surface area contributed by atoms with Gasteiger partial charge in [-0.2, -0.15) is 0 Å². The van der Waals surface area contributed by atoms with Crippen LogP contribution in [0.3, 0.4) is 0 Å². The van der Waals surface area contributed by atoms with Gasteiger partial charge < -0.3 is 19.4 Å². The van der Waals surface area contributed by atoms with Crippen molar-refractivity contribution in [2.24, 2.45) is 0 Å². The summed E-state index contributed by atoms with van der Waals surface area (Å²) in [7, 11) is 0. The Balaban J connectivity index is 1.55. The van der Waals surface area contributed by atoms with Crippen molar-refractivity contribution in [2.45, 2.75) is 32.4 Å². The number of para-hydroxylation sites is 1. The molecule has 0 radical (unpaired) electrons. The molecule has 140 valence electrons. The predicted octanol–water partition coefficient (Wildman–Crippen LogP) is 4.35. The lowest BCUT2D eigenvalue weighted by Gasteiger charge is -2.25. The average molecular weight is 365 g/mol. The molecule has 4 rings (SSSR count). The van der Waals surface area contributed by atoms with Crippen LogP contribution in [0.1, 0.15) is 24.3 Å². The number of nitrogens with zero attached hydrogens (tertiary/aromatic N) is 2. The summed E-state index contributed by atoms with van der Waals surface area (Å²) in [5.74, 6) is 0.816. The van der Waals surface area contributed by atoms with E-state index in [1.165, 1.54) is 0 Å². The normalized spacial score (nSPS) is 16.6. The molecule has 3 heterocycles. The maximum absolute atomic E-state index is 13.0. The fraction of sp³-hybridized carbons (Fsp3) is 0.333. The van der Waals surface area contributed by atoms with Crippen LogP contribution in [0.2, 0.25) is 0 Å². The van der Waals surface area contributed by atoms with Gasteiger partial charge in [0.15, 0.2) is 5.58 Å². The number of hydrogen-bond acceptors (Lipinski definition) is 4. The van der Waals surface area contributed by atoms with Gasteiger partial charge in [0.1, 0.15) is 5.76 Å². The molecule has 1 atom stereocenters. The number of carbonyl (C=O) groups is 1. The molecule has 2 aromatic heterocycles. The zero-order valence-electron chi connectivity index (χ0n) is 15.4. The highest BCUT2D eigenvalue weighted by molar-refractivity contribution is 5.99. The molecule has 1 saturated heterocycles. The molecule has 0 spiro atoms. The third-order valence-corrected chi connectivity index (χ3v) is 4.72. The number of urea groups is 1. The predicted molar refractivity (Wildman–Crippen MR) is 104 cm³/mol. The molecule has 3 aromatic rings. The van der Waals surface area contributed by atoms with Gasteiger partial charge >= 0.3 is 6.03 Å². The van der Waals surface area contributed by atoms with Gasteiger partial charge in [-0.1, -0.05) is 18.2 Å². The summed E-state index contributed by atoms with van der Waals surface area (Å²) in [6.07, 6.45) is 3.82. The Kier molecular flexibility index (Phi) is 5.07. The van der Waals surface area contributed by atoms with Gasteiger partial charge in [-0.3, -0.25) is 4.98 Å². The molecule has 6 heteroatoms. The summed E-state index contributed by atoms with van der Waals surface area (Å²) in [5, 5.41) is 3.98. The SMILES string of the molecule is Cc1cc2cccc(NC(=O)N(Cc3ccccn3)CC3CCCO3)c2o1. The molecule has 1 aromatic carbocycles. The quantitative estimate of drug-likeness (QED) is 0.730. The van der Waals surface area contributed by atoms with Gasteiger partial charge in [0.05, 0.1) is 24.0 Å². The summed E-state index contributed by atoms with van der Waals surface area (Å²) < 4.78 is 11.5. The lowest BCUT2D eigenvalue weighted by molar-refractivity contribution is 0.0816. The fourth-order valence-electron chi connectivity index (χ4n) is 3.43. The Bertz CT molecular complexity index is 917. The van der Waals surface area contributed by atoms with Crippen molar-refractivity contribution in [3.05, 3.63) is 60.1 Å². The largest absolute Gasteiger partial charge is 0.459 e. The minimum Gasteiger partial charge on any atom is -0.459 e. The van der Waals surface area contributed by atoms with Crippen LogP contribution in [0, 0.1) is 6.92 Å². The third-order valence-electron chi connectivity index (χ3n) is 4.72. The van der Waals surface area contributed by atoms with Gasteiger partial charge in [-0.05, 0) is 44.0 Å². The van der Waals surface area contributed by atoms with Crippen LogP contribution >= 0.6 is 0 Å². The number of rotatable bonds is 5. The Morgan fingerprint density at radius 1 is 1.30 bits per heavy atom. The first kappa shape index (κ1) is 17.5. The number of anilines is 1. The van der Waals surface area contributed by atoms with E-state index in [0.717, 1.165) is 36.3 Å². The summed E-state index contributed by atoms with van der Waals surface area (Å²) in [6.45, 7) is 3.63. The molecule has 1 fully saturated rings. The van der Waals surface area contributed by atoms with Crippen molar-refractivity contribution in [3.8, 4) is 0 Å². The van der Waals surface area contributed by atoms with Crippen molar-refractivity contribution in [1.29, 1.82) is 0 Å². The Morgan fingerprint density at radius 2 is 2.22 bits per heavy atom. The van der Waals surface area contributed by atoms with Crippen LogP contribution in [0.25, 0.3) is 11.0 Å². The molecule has 1 N–H and O–H groups in total. The molecule has 1 aliphatic heterocycles. The van der Waals surface area contributed by atoms with E-state index in [9.17, 15) is 4.79 Å². The number of furan rings is 1. The second-order valence-electron chi connectivity index (χ2n) is 6.85. The van der Waals surface area contributed by atoms with E-state index in [1.807, 2.05) is 49.4 Å². The number of aromatic nitrogens is 1. The van der Waals surface area contributed by atoms with Crippen LogP contribution in [-0.4, -0.2) is 35.2 Å². The fourth-order valence-corrected chi connectivity index (χ4v) is 3.43. The van der Waals surface area contributed by atoms with E-state index in [4.69, 9.17) is 9.15 Å². The van der Waals surface area contributed by atoms with Crippen molar-refractivity contribution in [1.82, 2.24) is 9.88 Å². The maximum Gasteiger partial charge on any atom is 0.322 e. The lowest BCUT2D eigenvalue weighted by atomic mass is 10.2. The number of ether oxygens (including phenoxy) is 1. The van der Waals surface area contributed by atoms with Gasteiger partial charge in [0.25, 0.3) is 0 Å². The first-order chi connectivity index (χ1) is 13.2. The minimum atomic E-state index is -0.183. The molecule has 6 nitrogen and oxygen atoms in total. The second kappa shape index (κ2) is 7.80. The zero-order valence-corrected chi connectivity index (χ0v) is 15.4. The molecule has 0 bridgehead atoms. The molecule has 1 unspecified atom stereocenters. The highest BCUT2D eigenvalue weighted by Crippen LogP contribution is 2.27. The summed E-state index contributed by atoms with van der Waals surface area (Å²) >= 11 is 0. The number of amides is 2. The van der Waals surface area contributed by atoms with Gasteiger partial charge in [-0.25, -0.2) is 4.79 Å². The number of carbonyl (C=O) groups excluding carboxylic acids is 1. The van der Waals surface area contributed by atoms with E-state index < -0.39 is 0 Å². The monoisotopic (exact) mass is 365 g/mol. The third kappa shape index (κ3) is 4.11. The summed E-state index contributed by atoms with van der Waals surface area (Å²) in [4.78, 5) is 19.2. The first-order valence-corrected chi connectivity index (χ1v) is 9.25. The van der Waals surface area contributed by atoms with Crippen LogP contribution in [-0.2, 0) is 11.3 Å². The van der Waals surface area contributed by atoms with E-state index in [2.05, 4.69) is 10.3 Å². The highest BCUT2D eigenvalue weighted by Gasteiger charge is 2.24. The van der Waals surface area contributed by atoms with Crippen LogP contribution in [0.15, 0.2) is 53.1 Å². The van der Waals surface area contributed by atoms with E-state index in [1.54, 1.807) is 11.1 Å². The van der Waals surface area contributed by atoms with Crippen LogP contribution in [0.4, 0.5) is 10.5 Å². The number of fused-ring (bicyclic) bond motifs is 1. The van der Waals surface area contributed by atoms with Crippen molar-refractivity contribution < 1.29 is 13.9 Å². The molecular formula is C21H23N3O3. The molecular weight excluding hydrogens is 342 g/mol. The van der Waals surface area contributed by atoms with Crippen LogP contribution < -0.4 is 5.32 Å². The summed E-state index contributed by atoms with van der Waals surface area (Å²) in [5.41, 5.74) is 2.21. The molecule has 0 aliphatic carbocycles. The van der Waals surface area contributed by atoms with Crippen LogP contribution in [0.5, 0.6) is 0 Å². The number of pyridine rings is 1. The maximum atomic E-state index is 13.0. The smallest absolute Gasteiger partial charge is 0.322 e. The minimum absolute atomic E-state index is 0.0705. The number of benzene rings is 1. The standard InChI is InChI=1S/C21H23N3O3/c1-15-12-16-6-4-9-19(20(16)27-15)23-21(25)24(14-18-8-5-11-26-18)13-17-7-2-3-10-22-17/h2-4,6-7,9-10,12,18H,5,8,11,13-14H2,1H3,(H,23,25). The Hall–Kier alpha value is -2.86. The zero-order chi connectivity index (χ0) is 18.6. The van der Waals surface area contributed by atoms with Crippen molar-refractivity contribution >= 4 is 22.7 Å². The second-order valence-corrected chi connectivity index (χ2v) is 6.85. The van der Waals surface area contributed by atoms with Crippen molar-refractivity contribution in [3.63, 3.8) is 0 Å². The lowest BCUT2D eigenvalue weighted by Crippen LogP contribution is -2.39. The average Bonchev–Trinajstić information content (AvgIpc) is 3.31. The Morgan fingerprint density at radius 3 is 3.00 bits per heavy atom. The van der Waals surface area contributed by atoms with Crippen molar-refractivity contribution in [2.75, 3.05) is 18.5 Å². The topological polar surface area (TPSA) is 67.6 Å². The number of aryl methyl sites for hydroxylation is 1. The highest BCUT2D eigenvalue weighted by atomic mass is 16.5. The first-order valence-electron chi connectivity index (χ1n) is 9.25. The van der Waals surface area contributed by atoms with Gasteiger partial charge in [0, 0.05) is 24.7 Å². The number of hydrogen-bond donors (Lipinski definition) is 1. The van der Waals surface area contributed by atoms with Gasteiger partial charge in [-0.15, -0.1) is 0 Å². The Labute approximate surface area is 158 Å². The van der Waals surface area contributed by atoms with E-state index >= 15 is 0 Å². The van der Waals surface area contributed by atoms with E-state index in [-0.39, 0.29) is 12.1 Å². The van der Waals surface area contributed by atoms with E-state index in [0.29, 0.717) is 24.4 Å².